The Morgan fingerprint density at radius 2 is 2.11 bits per heavy atom. The van der Waals surface area contributed by atoms with Gasteiger partial charge in [-0.05, 0) is 30.3 Å². The minimum atomic E-state index is -0.456. The zero-order chi connectivity index (χ0) is 20.1. The number of hydrogen-bond donors (Lipinski definition) is 1. The van der Waals surface area contributed by atoms with Crippen LogP contribution in [-0.4, -0.2) is 17.0 Å². The molecule has 0 radical (unpaired) electrons. The van der Waals surface area contributed by atoms with Gasteiger partial charge in [0.2, 0.25) is 0 Å². The topological polar surface area (TPSA) is 101 Å². The number of ether oxygens (including phenoxy) is 1. The van der Waals surface area contributed by atoms with Gasteiger partial charge in [0.15, 0.2) is 0 Å². The predicted molar refractivity (Wildman–Crippen MR) is 109 cm³/mol. The van der Waals surface area contributed by atoms with Crippen molar-refractivity contribution in [3.63, 3.8) is 0 Å². The molecule has 0 aliphatic heterocycles. The van der Waals surface area contributed by atoms with E-state index in [1.807, 2.05) is 0 Å². The number of halogens is 1. The number of benzene rings is 2. The Morgan fingerprint density at radius 3 is 2.75 bits per heavy atom. The molecule has 1 aromatic heterocycles. The third kappa shape index (κ3) is 4.28. The molecule has 0 aliphatic carbocycles. The monoisotopic (exact) mass is 412 g/mol. The number of rotatable bonds is 6. The van der Waals surface area contributed by atoms with Gasteiger partial charge in [0, 0.05) is 34.3 Å². The average molecular weight is 413 g/mol. The van der Waals surface area contributed by atoms with Gasteiger partial charge in [-0.25, -0.2) is 4.98 Å². The third-order valence-corrected chi connectivity index (χ3v) is 4.87. The summed E-state index contributed by atoms with van der Waals surface area (Å²) in [6.07, 6.45) is 1.53. The molecule has 3 aromatic rings. The number of nitrogens with zero attached hydrogens (tertiary/aromatic N) is 3. The van der Waals surface area contributed by atoms with Gasteiger partial charge in [-0.1, -0.05) is 11.6 Å². The van der Waals surface area contributed by atoms with Crippen molar-refractivity contribution < 1.29 is 9.66 Å². The van der Waals surface area contributed by atoms with Crippen LogP contribution >= 0.6 is 22.9 Å². The summed E-state index contributed by atoms with van der Waals surface area (Å²) < 4.78 is 5.27. The molecule has 3 rings (SSSR count). The van der Waals surface area contributed by atoms with Gasteiger partial charge in [-0.2, -0.15) is 5.26 Å². The molecule has 28 heavy (non-hydrogen) atoms. The van der Waals surface area contributed by atoms with Crippen LogP contribution < -0.4 is 10.1 Å². The van der Waals surface area contributed by atoms with Crippen LogP contribution in [0.15, 0.2) is 54.0 Å². The van der Waals surface area contributed by atoms with E-state index >= 15 is 0 Å². The lowest BCUT2D eigenvalue weighted by Crippen LogP contribution is -1.95. The molecule has 2 aromatic carbocycles. The maximum atomic E-state index is 10.8. The number of anilines is 1. The van der Waals surface area contributed by atoms with Gasteiger partial charge in [0.25, 0.3) is 5.69 Å². The molecule has 9 heteroatoms. The molecule has 1 N–H and O–H groups in total. The first-order valence-corrected chi connectivity index (χ1v) is 9.18. The standard InChI is InChI=1S/C19H13ClN4O3S/c1-27-18-7-4-14(20)8-16(18)22-10-13(9-21)19-23-17(11-28-19)12-2-5-15(6-3-12)24(25)26/h2-8,10-11,22H,1H3. The molecule has 0 atom stereocenters. The average Bonchev–Trinajstić information content (AvgIpc) is 3.19. The van der Waals surface area contributed by atoms with Crippen molar-refractivity contribution in [1.82, 2.24) is 4.98 Å². The summed E-state index contributed by atoms with van der Waals surface area (Å²) in [5.41, 5.74) is 2.33. The number of nitro benzene ring substituents is 1. The van der Waals surface area contributed by atoms with Crippen LogP contribution in [0.2, 0.25) is 5.02 Å². The summed E-state index contributed by atoms with van der Waals surface area (Å²) >= 11 is 7.31. The lowest BCUT2D eigenvalue weighted by atomic mass is 10.1. The maximum Gasteiger partial charge on any atom is 0.269 e. The fourth-order valence-electron chi connectivity index (χ4n) is 2.37. The molecule has 0 bridgehead atoms. The van der Waals surface area contributed by atoms with Crippen molar-refractivity contribution in [3.8, 4) is 23.1 Å². The number of nitro groups is 1. The van der Waals surface area contributed by atoms with E-state index in [0.717, 1.165) is 5.56 Å². The second kappa shape index (κ2) is 8.52. The van der Waals surface area contributed by atoms with Gasteiger partial charge in [-0.15, -0.1) is 11.3 Å². The largest absolute Gasteiger partial charge is 0.495 e. The smallest absolute Gasteiger partial charge is 0.269 e. The van der Waals surface area contributed by atoms with E-state index in [4.69, 9.17) is 16.3 Å². The normalized spacial score (nSPS) is 11.0. The van der Waals surface area contributed by atoms with Gasteiger partial charge < -0.3 is 10.1 Å². The minimum absolute atomic E-state index is 0.0106. The fourth-order valence-corrected chi connectivity index (χ4v) is 3.34. The van der Waals surface area contributed by atoms with Gasteiger partial charge in [0.1, 0.15) is 22.4 Å². The van der Waals surface area contributed by atoms with Crippen LogP contribution in [0.5, 0.6) is 5.75 Å². The summed E-state index contributed by atoms with van der Waals surface area (Å²) in [7, 11) is 1.54. The van der Waals surface area contributed by atoms with Gasteiger partial charge >= 0.3 is 0 Å². The summed E-state index contributed by atoms with van der Waals surface area (Å²) in [5.74, 6) is 0.587. The zero-order valence-corrected chi connectivity index (χ0v) is 16.1. The first-order chi connectivity index (χ1) is 13.5. The summed E-state index contributed by atoms with van der Waals surface area (Å²) in [5, 5.41) is 26.1. The Balaban J connectivity index is 1.84. The number of nitriles is 1. The molecule has 0 fully saturated rings. The molecule has 0 amide bonds. The van der Waals surface area contributed by atoms with Gasteiger partial charge in [0.05, 0.1) is 23.4 Å². The van der Waals surface area contributed by atoms with Crippen LogP contribution in [0.3, 0.4) is 0 Å². The number of aromatic nitrogens is 1. The molecule has 1 heterocycles. The van der Waals surface area contributed by atoms with Crippen LogP contribution in [-0.2, 0) is 0 Å². The molecule has 0 saturated heterocycles. The van der Waals surface area contributed by atoms with E-state index < -0.39 is 4.92 Å². The Bertz CT molecular complexity index is 1090. The van der Waals surface area contributed by atoms with Crippen molar-refractivity contribution in [2.45, 2.75) is 0 Å². The highest BCUT2D eigenvalue weighted by Crippen LogP contribution is 2.30. The van der Waals surface area contributed by atoms with Crippen LogP contribution in [0, 0.1) is 21.4 Å². The Kier molecular flexibility index (Phi) is 5.89. The van der Waals surface area contributed by atoms with Crippen LogP contribution in [0.25, 0.3) is 16.8 Å². The van der Waals surface area contributed by atoms with E-state index in [-0.39, 0.29) is 5.69 Å². The quantitative estimate of drug-likeness (QED) is 0.332. The van der Waals surface area contributed by atoms with Crippen LogP contribution in [0.1, 0.15) is 5.01 Å². The molecular formula is C19H13ClN4O3S. The Morgan fingerprint density at radius 1 is 1.36 bits per heavy atom. The molecule has 140 valence electrons. The number of nitrogens with one attached hydrogen (secondary N) is 1. The second-order valence-electron chi connectivity index (χ2n) is 5.50. The first-order valence-electron chi connectivity index (χ1n) is 7.93. The number of allylic oxidation sites excluding steroid dienone is 1. The van der Waals surface area contributed by atoms with E-state index in [9.17, 15) is 15.4 Å². The van der Waals surface area contributed by atoms with Crippen molar-refractivity contribution in [1.29, 1.82) is 5.26 Å². The van der Waals surface area contributed by atoms with Crippen LogP contribution in [0.4, 0.5) is 11.4 Å². The lowest BCUT2D eigenvalue weighted by molar-refractivity contribution is -0.384. The fraction of sp³-hybridized carbons (Fsp3) is 0.0526. The highest BCUT2D eigenvalue weighted by molar-refractivity contribution is 7.11. The summed E-state index contributed by atoms with van der Waals surface area (Å²) in [4.78, 5) is 14.8. The molecule has 7 nitrogen and oxygen atoms in total. The third-order valence-electron chi connectivity index (χ3n) is 3.76. The van der Waals surface area contributed by atoms with Crippen molar-refractivity contribution in [3.05, 3.63) is 74.2 Å². The first kappa shape index (κ1) is 19.4. The molecule has 0 spiro atoms. The van der Waals surface area contributed by atoms with E-state index in [1.54, 1.807) is 42.8 Å². The molecular weight excluding hydrogens is 400 g/mol. The van der Waals surface area contributed by atoms with Crippen molar-refractivity contribution in [2.24, 2.45) is 0 Å². The predicted octanol–water partition coefficient (Wildman–Crippen LogP) is 5.36. The highest BCUT2D eigenvalue weighted by Gasteiger charge is 2.11. The SMILES string of the molecule is COc1ccc(Cl)cc1NC=C(C#N)c1nc(-c2ccc([N+](=O)[O-])cc2)cs1. The minimum Gasteiger partial charge on any atom is -0.495 e. The maximum absolute atomic E-state index is 10.8. The Labute approximate surface area is 169 Å². The Hall–Kier alpha value is -3.41. The zero-order valence-electron chi connectivity index (χ0n) is 14.5. The van der Waals surface area contributed by atoms with E-state index in [1.165, 1.54) is 29.7 Å². The number of thiazole rings is 1. The van der Waals surface area contributed by atoms with Gasteiger partial charge in [-0.3, -0.25) is 10.1 Å². The highest BCUT2D eigenvalue weighted by atomic mass is 35.5. The summed E-state index contributed by atoms with van der Waals surface area (Å²) in [6.45, 7) is 0. The lowest BCUT2D eigenvalue weighted by Gasteiger charge is -2.08. The number of non-ortho nitro benzene ring substituents is 1. The molecule has 0 aliphatic rings. The van der Waals surface area contributed by atoms with E-state index in [2.05, 4.69) is 16.4 Å². The molecule has 0 unspecified atom stereocenters. The number of hydrogen-bond acceptors (Lipinski definition) is 7. The molecule has 0 saturated carbocycles. The van der Waals surface area contributed by atoms with E-state index in [0.29, 0.717) is 32.7 Å². The number of methoxy groups -OCH3 is 1. The summed E-state index contributed by atoms with van der Waals surface area (Å²) in [6, 6.07) is 13.3. The second-order valence-corrected chi connectivity index (χ2v) is 6.80. The van der Waals surface area contributed by atoms with Crippen molar-refractivity contribution >= 4 is 39.9 Å². The van der Waals surface area contributed by atoms with Crippen molar-refractivity contribution in [2.75, 3.05) is 12.4 Å².